The summed E-state index contributed by atoms with van der Waals surface area (Å²) in [4.78, 5) is 11.9. The van der Waals surface area contributed by atoms with Gasteiger partial charge in [-0.15, -0.1) is 11.8 Å². The molecule has 0 aromatic rings. The van der Waals surface area contributed by atoms with Gasteiger partial charge in [-0.3, -0.25) is 4.79 Å². The highest BCUT2D eigenvalue weighted by Crippen LogP contribution is 2.21. The third-order valence-electron chi connectivity index (χ3n) is 2.69. The second-order valence-electron chi connectivity index (χ2n) is 4.83. The quantitative estimate of drug-likeness (QED) is 0.725. The highest BCUT2D eigenvalue weighted by Gasteiger charge is 2.23. The minimum atomic E-state index is -0.133. The Kier molecular flexibility index (Phi) is 7.07. The van der Waals surface area contributed by atoms with E-state index in [1.807, 2.05) is 27.7 Å². The summed E-state index contributed by atoms with van der Waals surface area (Å²) in [6.07, 6.45) is 1.65. The number of carbonyl (C=O) groups excluding carboxylic acids is 1. The van der Waals surface area contributed by atoms with E-state index >= 15 is 0 Å². The van der Waals surface area contributed by atoms with Crippen LogP contribution in [0.2, 0.25) is 0 Å². The number of aliphatic hydroxyl groups is 1. The van der Waals surface area contributed by atoms with Crippen molar-refractivity contribution in [1.29, 1.82) is 0 Å². The fourth-order valence-electron chi connectivity index (χ4n) is 1.18. The zero-order chi connectivity index (χ0) is 12.8. The van der Waals surface area contributed by atoms with Crippen molar-refractivity contribution >= 4 is 17.7 Å². The maximum absolute atomic E-state index is 11.9. The van der Waals surface area contributed by atoms with Gasteiger partial charge in [-0.1, -0.05) is 13.8 Å². The predicted molar refractivity (Wildman–Crippen MR) is 70.7 cm³/mol. The number of nitrogens with one attached hydrogen (secondary N) is 1. The minimum absolute atomic E-state index is 0.0626. The van der Waals surface area contributed by atoms with E-state index in [-0.39, 0.29) is 23.3 Å². The van der Waals surface area contributed by atoms with Crippen molar-refractivity contribution in [2.75, 3.05) is 6.61 Å². The topological polar surface area (TPSA) is 49.3 Å². The van der Waals surface area contributed by atoms with E-state index in [2.05, 4.69) is 12.2 Å². The number of thioether (sulfide) groups is 1. The van der Waals surface area contributed by atoms with Gasteiger partial charge >= 0.3 is 0 Å². The SMILES string of the molecule is CCC(C)(C)NC(=O)C(C)SC(C)CCO. The van der Waals surface area contributed by atoms with E-state index in [9.17, 15) is 4.79 Å². The van der Waals surface area contributed by atoms with Gasteiger partial charge in [-0.25, -0.2) is 0 Å². The van der Waals surface area contributed by atoms with Crippen LogP contribution in [0.4, 0.5) is 0 Å². The van der Waals surface area contributed by atoms with Crippen LogP contribution in [-0.2, 0) is 4.79 Å². The second-order valence-corrected chi connectivity index (χ2v) is 6.61. The summed E-state index contributed by atoms with van der Waals surface area (Å²) in [5.74, 6) is 0.0849. The van der Waals surface area contributed by atoms with Gasteiger partial charge in [0.2, 0.25) is 5.91 Å². The van der Waals surface area contributed by atoms with E-state index in [0.717, 1.165) is 12.8 Å². The molecular formula is C12H25NO2S. The molecule has 16 heavy (non-hydrogen) atoms. The van der Waals surface area contributed by atoms with Gasteiger partial charge in [0.1, 0.15) is 0 Å². The summed E-state index contributed by atoms with van der Waals surface area (Å²) in [5.41, 5.74) is -0.133. The van der Waals surface area contributed by atoms with Crippen molar-refractivity contribution in [2.45, 2.75) is 63.5 Å². The van der Waals surface area contributed by atoms with E-state index in [4.69, 9.17) is 5.11 Å². The Morgan fingerprint density at radius 3 is 2.44 bits per heavy atom. The van der Waals surface area contributed by atoms with Gasteiger partial charge < -0.3 is 10.4 Å². The summed E-state index contributed by atoms with van der Waals surface area (Å²) in [6.45, 7) is 10.3. The van der Waals surface area contributed by atoms with Crippen LogP contribution in [0.3, 0.4) is 0 Å². The van der Waals surface area contributed by atoms with E-state index in [1.165, 1.54) is 0 Å². The van der Waals surface area contributed by atoms with Crippen LogP contribution >= 0.6 is 11.8 Å². The number of amides is 1. The number of carbonyl (C=O) groups is 1. The van der Waals surface area contributed by atoms with E-state index in [0.29, 0.717) is 5.25 Å². The molecule has 2 unspecified atom stereocenters. The number of hydrogen-bond acceptors (Lipinski definition) is 3. The average molecular weight is 247 g/mol. The fraction of sp³-hybridized carbons (Fsp3) is 0.917. The van der Waals surface area contributed by atoms with Gasteiger partial charge in [-0.2, -0.15) is 0 Å². The van der Waals surface area contributed by atoms with Crippen molar-refractivity contribution in [1.82, 2.24) is 5.32 Å². The van der Waals surface area contributed by atoms with Crippen molar-refractivity contribution in [3.63, 3.8) is 0 Å². The summed E-state index contributed by atoms with van der Waals surface area (Å²) < 4.78 is 0. The molecule has 0 fully saturated rings. The minimum Gasteiger partial charge on any atom is -0.396 e. The zero-order valence-electron chi connectivity index (χ0n) is 11.0. The van der Waals surface area contributed by atoms with Gasteiger partial charge in [0.05, 0.1) is 5.25 Å². The first-order valence-electron chi connectivity index (χ1n) is 5.90. The maximum Gasteiger partial charge on any atom is 0.233 e. The molecule has 0 aliphatic heterocycles. The largest absolute Gasteiger partial charge is 0.396 e. The molecule has 0 aliphatic rings. The Labute approximate surface area is 103 Å². The summed E-state index contributed by atoms with van der Waals surface area (Å²) in [6, 6.07) is 0. The molecule has 0 rings (SSSR count). The second kappa shape index (κ2) is 7.17. The maximum atomic E-state index is 11.9. The van der Waals surface area contributed by atoms with Crippen LogP contribution in [0.25, 0.3) is 0 Å². The molecule has 0 spiro atoms. The monoisotopic (exact) mass is 247 g/mol. The predicted octanol–water partition coefficient (Wildman–Crippen LogP) is 2.18. The molecule has 0 aliphatic carbocycles. The molecule has 4 heteroatoms. The Morgan fingerprint density at radius 2 is 2.00 bits per heavy atom. The molecule has 2 atom stereocenters. The standard InChI is InChI=1S/C12H25NO2S/c1-6-12(4,5)13-11(15)10(3)16-9(2)7-8-14/h9-10,14H,6-8H2,1-5H3,(H,13,15). The first-order chi connectivity index (χ1) is 7.32. The Bertz CT molecular complexity index is 219. The van der Waals surface area contributed by atoms with Gasteiger partial charge in [-0.05, 0) is 33.6 Å². The molecule has 2 N–H and O–H groups in total. The van der Waals surface area contributed by atoms with Crippen molar-refractivity contribution in [3.05, 3.63) is 0 Å². The lowest BCUT2D eigenvalue weighted by Gasteiger charge is -2.27. The Morgan fingerprint density at radius 1 is 1.44 bits per heavy atom. The molecule has 0 aromatic heterocycles. The first kappa shape index (κ1) is 15.8. The molecule has 96 valence electrons. The number of hydrogen-bond donors (Lipinski definition) is 2. The zero-order valence-corrected chi connectivity index (χ0v) is 11.9. The average Bonchev–Trinajstić information content (AvgIpc) is 2.17. The van der Waals surface area contributed by atoms with E-state index < -0.39 is 0 Å². The molecule has 1 amide bonds. The molecule has 0 bridgehead atoms. The van der Waals surface area contributed by atoms with Crippen LogP contribution < -0.4 is 5.32 Å². The molecule has 3 nitrogen and oxygen atoms in total. The highest BCUT2D eigenvalue weighted by molar-refractivity contribution is 8.01. The lowest BCUT2D eigenvalue weighted by atomic mass is 10.0. The van der Waals surface area contributed by atoms with Crippen LogP contribution in [0.5, 0.6) is 0 Å². The van der Waals surface area contributed by atoms with E-state index in [1.54, 1.807) is 11.8 Å². The van der Waals surface area contributed by atoms with Crippen molar-refractivity contribution in [2.24, 2.45) is 0 Å². The van der Waals surface area contributed by atoms with Crippen molar-refractivity contribution in [3.8, 4) is 0 Å². The van der Waals surface area contributed by atoms with Crippen LogP contribution in [0.1, 0.15) is 47.5 Å². The first-order valence-corrected chi connectivity index (χ1v) is 6.85. The molecule has 0 heterocycles. The number of aliphatic hydroxyl groups excluding tert-OH is 1. The highest BCUT2D eigenvalue weighted by atomic mass is 32.2. The van der Waals surface area contributed by atoms with Gasteiger partial charge in [0.25, 0.3) is 0 Å². The molecule has 0 saturated carbocycles. The Hall–Kier alpha value is -0.220. The smallest absolute Gasteiger partial charge is 0.233 e. The van der Waals surface area contributed by atoms with Crippen molar-refractivity contribution < 1.29 is 9.90 Å². The van der Waals surface area contributed by atoms with Crippen LogP contribution in [-0.4, -0.2) is 33.7 Å². The normalized spacial score (nSPS) is 15.6. The third kappa shape index (κ3) is 6.38. The Balaban J connectivity index is 4.09. The molecule has 0 aromatic carbocycles. The summed E-state index contributed by atoms with van der Waals surface area (Å²) >= 11 is 1.61. The number of rotatable bonds is 7. The van der Waals surface area contributed by atoms with Crippen LogP contribution in [0.15, 0.2) is 0 Å². The van der Waals surface area contributed by atoms with Gasteiger partial charge in [0.15, 0.2) is 0 Å². The lowest BCUT2D eigenvalue weighted by molar-refractivity contribution is -0.121. The van der Waals surface area contributed by atoms with Crippen LogP contribution in [0, 0.1) is 0 Å². The lowest BCUT2D eigenvalue weighted by Crippen LogP contribution is -2.46. The molecule has 0 radical (unpaired) electrons. The molecular weight excluding hydrogens is 222 g/mol. The van der Waals surface area contributed by atoms with Gasteiger partial charge in [0, 0.05) is 17.4 Å². The fourth-order valence-corrected chi connectivity index (χ4v) is 2.30. The molecule has 0 saturated heterocycles. The third-order valence-corrected chi connectivity index (χ3v) is 4.01. The summed E-state index contributed by atoms with van der Waals surface area (Å²) in [5, 5.41) is 12.1. The summed E-state index contributed by atoms with van der Waals surface area (Å²) in [7, 11) is 0.